The molecule has 0 radical (unpaired) electrons. The molecule has 0 bridgehead atoms. The number of nitrogens with two attached hydrogens (primary N) is 1. The van der Waals surface area contributed by atoms with Gasteiger partial charge in [-0.05, 0) is 49.3 Å². The quantitative estimate of drug-likeness (QED) is 0.903. The fourth-order valence-corrected chi connectivity index (χ4v) is 3.99. The van der Waals surface area contributed by atoms with Crippen molar-refractivity contribution in [3.63, 3.8) is 0 Å². The highest BCUT2D eigenvalue weighted by Gasteiger charge is 2.29. The summed E-state index contributed by atoms with van der Waals surface area (Å²) in [4.78, 5) is 2.67. The van der Waals surface area contributed by atoms with E-state index in [-0.39, 0.29) is 0 Å². The van der Waals surface area contributed by atoms with Crippen molar-refractivity contribution >= 4 is 0 Å². The first-order chi connectivity index (χ1) is 9.38. The highest BCUT2D eigenvalue weighted by atomic mass is 15.2. The van der Waals surface area contributed by atoms with Crippen LogP contribution in [0.3, 0.4) is 0 Å². The van der Waals surface area contributed by atoms with Crippen LogP contribution in [0.2, 0.25) is 0 Å². The SMILES string of the molecule is NCC(C1CCCC1)N1CCCc2ccccc2C1. The Hall–Kier alpha value is -0.860. The molecule has 1 aromatic carbocycles. The van der Waals surface area contributed by atoms with E-state index < -0.39 is 0 Å². The van der Waals surface area contributed by atoms with E-state index in [4.69, 9.17) is 5.73 Å². The normalized spacial score (nSPS) is 23.0. The van der Waals surface area contributed by atoms with E-state index in [9.17, 15) is 0 Å². The van der Waals surface area contributed by atoms with Gasteiger partial charge in [0.2, 0.25) is 0 Å². The molecule has 0 amide bonds. The molecule has 1 atom stereocenters. The van der Waals surface area contributed by atoms with Gasteiger partial charge < -0.3 is 5.73 Å². The maximum absolute atomic E-state index is 6.11. The summed E-state index contributed by atoms with van der Waals surface area (Å²) in [6.07, 6.45) is 8.10. The highest BCUT2D eigenvalue weighted by Crippen LogP contribution is 2.32. The number of nitrogens with zero attached hydrogens (tertiary/aromatic N) is 1. The second kappa shape index (κ2) is 6.06. The van der Waals surface area contributed by atoms with Crippen molar-refractivity contribution in [3.05, 3.63) is 35.4 Å². The van der Waals surface area contributed by atoms with Crippen LogP contribution < -0.4 is 5.73 Å². The summed E-state index contributed by atoms with van der Waals surface area (Å²) in [6, 6.07) is 9.55. The van der Waals surface area contributed by atoms with Crippen molar-refractivity contribution in [2.24, 2.45) is 11.7 Å². The van der Waals surface area contributed by atoms with Gasteiger partial charge in [-0.25, -0.2) is 0 Å². The molecular formula is C17H26N2. The van der Waals surface area contributed by atoms with Gasteiger partial charge in [-0.3, -0.25) is 4.90 Å². The fraction of sp³-hybridized carbons (Fsp3) is 0.647. The standard InChI is InChI=1S/C17H26N2/c18-12-17(15-7-2-3-8-15)19-11-5-10-14-6-1-4-9-16(14)13-19/h1,4,6,9,15,17H,2-3,5,7-8,10-13,18H2. The second-order valence-electron chi connectivity index (χ2n) is 6.19. The Morgan fingerprint density at radius 3 is 2.58 bits per heavy atom. The molecule has 19 heavy (non-hydrogen) atoms. The van der Waals surface area contributed by atoms with Crippen molar-refractivity contribution in [2.75, 3.05) is 13.1 Å². The van der Waals surface area contributed by atoms with Crippen LogP contribution in [0.1, 0.15) is 43.2 Å². The summed E-state index contributed by atoms with van der Waals surface area (Å²) in [5.74, 6) is 0.843. The third-order valence-electron chi connectivity index (χ3n) is 5.04. The van der Waals surface area contributed by atoms with Crippen LogP contribution >= 0.6 is 0 Å². The van der Waals surface area contributed by atoms with E-state index in [1.165, 1.54) is 50.6 Å². The van der Waals surface area contributed by atoms with Gasteiger partial charge >= 0.3 is 0 Å². The van der Waals surface area contributed by atoms with Gasteiger partial charge in [0.1, 0.15) is 0 Å². The van der Waals surface area contributed by atoms with E-state index in [1.807, 2.05) is 0 Å². The van der Waals surface area contributed by atoms with Crippen LogP contribution in [0.5, 0.6) is 0 Å². The molecule has 1 aliphatic heterocycles. The molecule has 2 nitrogen and oxygen atoms in total. The van der Waals surface area contributed by atoms with Gasteiger partial charge in [-0.1, -0.05) is 37.1 Å². The predicted octanol–water partition coefficient (Wildman–Crippen LogP) is 2.95. The first kappa shape index (κ1) is 13.1. The summed E-state index contributed by atoms with van der Waals surface area (Å²) in [5.41, 5.74) is 9.19. The minimum Gasteiger partial charge on any atom is -0.329 e. The molecule has 2 aliphatic rings. The topological polar surface area (TPSA) is 29.3 Å². The molecule has 0 spiro atoms. The van der Waals surface area contributed by atoms with Gasteiger partial charge in [-0.15, -0.1) is 0 Å². The van der Waals surface area contributed by atoms with Crippen LogP contribution in [0.15, 0.2) is 24.3 Å². The van der Waals surface area contributed by atoms with Gasteiger partial charge in [0.05, 0.1) is 0 Å². The van der Waals surface area contributed by atoms with E-state index in [0.29, 0.717) is 6.04 Å². The highest BCUT2D eigenvalue weighted by molar-refractivity contribution is 5.28. The summed E-state index contributed by atoms with van der Waals surface area (Å²) in [7, 11) is 0. The first-order valence-electron chi connectivity index (χ1n) is 7.89. The molecule has 2 heteroatoms. The zero-order valence-electron chi connectivity index (χ0n) is 11.9. The third-order valence-corrected chi connectivity index (χ3v) is 5.04. The molecule has 1 saturated carbocycles. The van der Waals surface area contributed by atoms with Crippen molar-refractivity contribution in [2.45, 2.75) is 51.1 Å². The molecule has 2 N–H and O–H groups in total. The van der Waals surface area contributed by atoms with Gasteiger partial charge in [-0.2, -0.15) is 0 Å². The number of aryl methyl sites for hydroxylation is 1. The smallest absolute Gasteiger partial charge is 0.0250 e. The van der Waals surface area contributed by atoms with Crippen LogP contribution in [-0.2, 0) is 13.0 Å². The van der Waals surface area contributed by atoms with Crippen molar-refractivity contribution in [1.82, 2.24) is 4.90 Å². The van der Waals surface area contributed by atoms with E-state index >= 15 is 0 Å². The lowest BCUT2D eigenvalue weighted by Crippen LogP contribution is -2.44. The Labute approximate surface area is 117 Å². The monoisotopic (exact) mass is 258 g/mol. The summed E-state index contributed by atoms with van der Waals surface area (Å²) < 4.78 is 0. The molecule has 0 aromatic heterocycles. The number of hydrogen-bond donors (Lipinski definition) is 1. The lowest BCUT2D eigenvalue weighted by Gasteiger charge is -2.34. The third kappa shape index (κ3) is 2.85. The lowest BCUT2D eigenvalue weighted by molar-refractivity contribution is 0.141. The van der Waals surface area contributed by atoms with Crippen LogP contribution in [0, 0.1) is 5.92 Å². The van der Waals surface area contributed by atoms with E-state index in [0.717, 1.165) is 19.0 Å². The zero-order valence-corrected chi connectivity index (χ0v) is 11.9. The summed E-state index contributed by atoms with van der Waals surface area (Å²) >= 11 is 0. The zero-order chi connectivity index (χ0) is 13.1. The Bertz CT molecular complexity index is 409. The minimum atomic E-state index is 0.605. The first-order valence-corrected chi connectivity index (χ1v) is 7.89. The van der Waals surface area contributed by atoms with Crippen molar-refractivity contribution < 1.29 is 0 Å². The molecule has 1 fully saturated rings. The summed E-state index contributed by atoms with van der Waals surface area (Å²) in [5, 5.41) is 0. The maximum atomic E-state index is 6.11. The van der Waals surface area contributed by atoms with E-state index in [1.54, 1.807) is 5.56 Å². The fourth-order valence-electron chi connectivity index (χ4n) is 3.99. The molecule has 1 heterocycles. The largest absolute Gasteiger partial charge is 0.329 e. The predicted molar refractivity (Wildman–Crippen MR) is 80.0 cm³/mol. The molecule has 3 rings (SSSR count). The average Bonchev–Trinajstić information content (AvgIpc) is 2.87. The Kier molecular flexibility index (Phi) is 4.19. The van der Waals surface area contributed by atoms with Gasteiger partial charge in [0.25, 0.3) is 0 Å². The average molecular weight is 258 g/mol. The minimum absolute atomic E-state index is 0.605. The second-order valence-corrected chi connectivity index (χ2v) is 6.19. The molecule has 104 valence electrons. The lowest BCUT2D eigenvalue weighted by atomic mass is 9.96. The number of hydrogen-bond acceptors (Lipinski definition) is 2. The van der Waals surface area contributed by atoms with Gasteiger partial charge in [0.15, 0.2) is 0 Å². The Morgan fingerprint density at radius 2 is 1.84 bits per heavy atom. The van der Waals surface area contributed by atoms with Crippen molar-refractivity contribution in [3.8, 4) is 0 Å². The van der Waals surface area contributed by atoms with Crippen molar-refractivity contribution in [1.29, 1.82) is 0 Å². The van der Waals surface area contributed by atoms with Crippen LogP contribution in [-0.4, -0.2) is 24.0 Å². The van der Waals surface area contributed by atoms with Crippen LogP contribution in [0.4, 0.5) is 0 Å². The Morgan fingerprint density at radius 1 is 1.11 bits per heavy atom. The number of fused-ring (bicyclic) bond motifs is 1. The van der Waals surface area contributed by atoms with Gasteiger partial charge in [0, 0.05) is 19.1 Å². The number of rotatable bonds is 3. The maximum Gasteiger partial charge on any atom is 0.0250 e. The number of benzene rings is 1. The molecule has 0 saturated heterocycles. The molecule has 1 unspecified atom stereocenters. The molecule has 1 aromatic rings. The van der Waals surface area contributed by atoms with E-state index in [2.05, 4.69) is 29.2 Å². The molecule has 1 aliphatic carbocycles. The molecular weight excluding hydrogens is 232 g/mol. The van der Waals surface area contributed by atoms with Crippen LogP contribution in [0.25, 0.3) is 0 Å². The summed E-state index contributed by atoms with van der Waals surface area (Å²) in [6.45, 7) is 3.15. The Balaban J connectivity index is 1.77.